The predicted molar refractivity (Wildman–Crippen MR) is 114 cm³/mol. The second kappa shape index (κ2) is 9.23. The fraction of sp³-hybridized carbons (Fsp3) is 0.450. The highest BCUT2D eigenvalue weighted by molar-refractivity contribution is 7.89. The Morgan fingerprint density at radius 3 is 2.40 bits per heavy atom. The summed E-state index contributed by atoms with van der Waals surface area (Å²) in [6.07, 6.45) is 1.01. The van der Waals surface area contributed by atoms with Gasteiger partial charge in [-0.3, -0.25) is 10.1 Å². The summed E-state index contributed by atoms with van der Waals surface area (Å²) in [6.45, 7) is 6.42. The number of esters is 1. The largest absolute Gasteiger partial charge is 0.452 e. The maximum Gasteiger partial charge on any atom is 0.338 e. The summed E-state index contributed by atoms with van der Waals surface area (Å²) in [4.78, 5) is 28.3. The van der Waals surface area contributed by atoms with Crippen LogP contribution in [0.15, 0.2) is 34.5 Å². The average Bonchev–Trinajstić information content (AvgIpc) is 3.10. The molecule has 0 aliphatic carbocycles. The van der Waals surface area contributed by atoms with Crippen molar-refractivity contribution in [2.45, 2.75) is 32.1 Å². The second-order valence-corrected chi connectivity index (χ2v) is 10.5. The predicted octanol–water partition coefficient (Wildman–Crippen LogP) is 2.91. The first kappa shape index (κ1) is 22.4. The van der Waals surface area contributed by atoms with Crippen molar-refractivity contribution in [3.8, 4) is 0 Å². The number of hydrogen-bond donors (Lipinski definition) is 1. The summed E-state index contributed by atoms with van der Waals surface area (Å²) < 4.78 is 32.3. The van der Waals surface area contributed by atoms with Crippen molar-refractivity contribution in [2.75, 3.05) is 25.0 Å². The molecule has 162 valence electrons. The summed E-state index contributed by atoms with van der Waals surface area (Å²) in [7, 11) is -3.62. The minimum Gasteiger partial charge on any atom is -0.452 e. The number of thiazole rings is 1. The van der Waals surface area contributed by atoms with Crippen LogP contribution in [0.25, 0.3) is 0 Å². The number of anilines is 1. The van der Waals surface area contributed by atoms with Crippen LogP contribution in [0.1, 0.15) is 36.3 Å². The quantitative estimate of drug-likeness (QED) is 0.677. The van der Waals surface area contributed by atoms with E-state index < -0.39 is 28.5 Å². The summed E-state index contributed by atoms with van der Waals surface area (Å²) >= 11 is 1.28. The van der Waals surface area contributed by atoms with E-state index in [1.165, 1.54) is 39.9 Å². The molecule has 2 atom stereocenters. The SMILES string of the molecule is Cc1csc(NC(=O)COC(=O)c2ccc(S(=O)(=O)N3CC(C)CC(C)C3)cc2)n1. The van der Waals surface area contributed by atoms with Crippen LogP contribution < -0.4 is 5.32 Å². The fourth-order valence-electron chi connectivity index (χ4n) is 3.50. The zero-order valence-corrected chi connectivity index (χ0v) is 18.8. The minimum absolute atomic E-state index is 0.136. The molecule has 0 radical (unpaired) electrons. The average molecular weight is 452 g/mol. The maximum absolute atomic E-state index is 12.9. The highest BCUT2D eigenvalue weighted by Gasteiger charge is 2.31. The summed E-state index contributed by atoms with van der Waals surface area (Å²) in [5.41, 5.74) is 0.961. The number of carbonyl (C=O) groups is 2. The number of sulfonamides is 1. The highest BCUT2D eigenvalue weighted by atomic mass is 32.2. The van der Waals surface area contributed by atoms with E-state index in [4.69, 9.17) is 4.74 Å². The summed E-state index contributed by atoms with van der Waals surface area (Å²) in [5, 5.41) is 4.78. The van der Waals surface area contributed by atoms with E-state index in [-0.39, 0.29) is 10.5 Å². The van der Waals surface area contributed by atoms with Crippen LogP contribution in [0, 0.1) is 18.8 Å². The zero-order chi connectivity index (χ0) is 21.9. The Morgan fingerprint density at radius 1 is 1.20 bits per heavy atom. The standard InChI is InChI=1S/C20H25N3O5S2/c1-13-8-14(2)10-23(9-13)30(26,27)17-6-4-16(5-7-17)19(25)28-11-18(24)22-20-21-15(3)12-29-20/h4-7,12-14H,8-11H2,1-3H3,(H,21,22,24). The van der Waals surface area contributed by atoms with E-state index in [0.717, 1.165) is 12.1 Å². The normalized spacial score (nSPS) is 20.0. The van der Waals surface area contributed by atoms with Crippen molar-refractivity contribution >= 4 is 38.4 Å². The number of rotatable bonds is 6. The van der Waals surface area contributed by atoms with E-state index in [0.29, 0.717) is 30.1 Å². The maximum atomic E-state index is 12.9. The van der Waals surface area contributed by atoms with Crippen LogP contribution in [0.4, 0.5) is 5.13 Å². The molecule has 2 aromatic rings. The molecule has 10 heteroatoms. The van der Waals surface area contributed by atoms with Crippen LogP contribution in [0.3, 0.4) is 0 Å². The number of benzene rings is 1. The first-order valence-corrected chi connectivity index (χ1v) is 12.0. The van der Waals surface area contributed by atoms with Gasteiger partial charge >= 0.3 is 5.97 Å². The number of aromatic nitrogens is 1. The third-order valence-electron chi connectivity index (χ3n) is 4.76. The van der Waals surface area contributed by atoms with E-state index in [2.05, 4.69) is 10.3 Å². The van der Waals surface area contributed by atoms with Gasteiger partial charge in [0.25, 0.3) is 5.91 Å². The lowest BCUT2D eigenvalue weighted by atomic mass is 9.94. The summed E-state index contributed by atoms with van der Waals surface area (Å²) in [6, 6.07) is 5.59. The molecule has 3 rings (SSSR count). The third kappa shape index (κ3) is 5.44. The van der Waals surface area contributed by atoms with Crippen molar-refractivity contribution in [1.29, 1.82) is 0 Å². The monoisotopic (exact) mass is 451 g/mol. The molecule has 1 aliphatic rings. The van der Waals surface area contributed by atoms with Gasteiger partial charge in [-0.25, -0.2) is 18.2 Å². The first-order valence-electron chi connectivity index (χ1n) is 9.64. The van der Waals surface area contributed by atoms with E-state index in [1.54, 1.807) is 5.38 Å². The Hall–Kier alpha value is -2.30. The Labute approximate surface area is 180 Å². The number of aryl methyl sites for hydroxylation is 1. The van der Waals surface area contributed by atoms with Gasteiger partial charge in [-0.05, 0) is 49.4 Å². The molecule has 1 amide bonds. The first-order chi connectivity index (χ1) is 14.1. The van der Waals surface area contributed by atoms with Gasteiger partial charge in [-0.15, -0.1) is 11.3 Å². The molecule has 0 saturated carbocycles. The van der Waals surface area contributed by atoms with Gasteiger partial charge in [0.05, 0.1) is 16.2 Å². The lowest BCUT2D eigenvalue weighted by Gasteiger charge is -2.34. The summed E-state index contributed by atoms with van der Waals surface area (Å²) in [5.74, 6) is -0.593. The van der Waals surface area contributed by atoms with Gasteiger partial charge in [-0.1, -0.05) is 13.8 Å². The Bertz CT molecular complexity index is 1010. The Balaban J connectivity index is 1.59. The molecule has 1 saturated heterocycles. The van der Waals surface area contributed by atoms with Gasteiger partial charge in [0.15, 0.2) is 11.7 Å². The van der Waals surface area contributed by atoms with Crippen molar-refractivity contribution in [2.24, 2.45) is 11.8 Å². The van der Waals surface area contributed by atoms with Crippen LogP contribution in [0.2, 0.25) is 0 Å². The smallest absolute Gasteiger partial charge is 0.338 e. The molecule has 0 spiro atoms. The molecule has 8 nitrogen and oxygen atoms in total. The number of carbonyl (C=O) groups excluding carboxylic acids is 2. The van der Waals surface area contributed by atoms with E-state index in [1.807, 2.05) is 20.8 Å². The molecule has 30 heavy (non-hydrogen) atoms. The van der Waals surface area contributed by atoms with Crippen LogP contribution in [-0.4, -0.2) is 49.3 Å². The zero-order valence-electron chi connectivity index (χ0n) is 17.1. The minimum atomic E-state index is -3.62. The van der Waals surface area contributed by atoms with Gasteiger partial charge in [0, 0.05) is 18.5 Å². The molecular weight excluding hydrogens is 426 g/mol. The van der Waals surface area contributed by atoms with Crippen molar-refractivity contribution in [3.63, 3.8) is 0 Å². The van der Waals surface area contributed by atoms with Gasteiger partial charge < -0.3 is 4.74 Å². The van der Waals surface area contributed by atoms with Gasteiger partial charge in [0.1, 0.15) is 0 Å². The number of piperidine rings is 1. The molecule has 1 fully saturated rings. The van der Waals surface area contributed by atoms with Crippen molar-refractivity contribution in [3.05, 3.63) is 40.9 Å². The fourth-order valence-corrected chi connectivity index (χ4v) is 5.88. The lowest BCUT2D eigenvalue weighted by Crippen LogP contribution is -2.42. The lowest BCUT2D eigenvalue weighted by molar-refractivity contribution is -0.119. The molecule has 1 N–H and O–H groups in total. The molecule has 1 aromatic heterocycles. The van der Waals surface area contributed by atoms with Crippen LogP contribution in [-0.2, 0) is 19.6 Å². The van der Waals surface area contributed by atoms with E-state index >= 15 is 0 Å². The molecule has 1 aromatic carbocycles. The number of ether oxygens (including phenoxy) is 1. The van der Waals surface area contributed by atoms with E-state index in [9.17, 15) is 18.0 Å². The highest BCUT2D eigenvalue weighted by Crippen LogP contribution is 2.26. The third-order valence-corrected chi connectivity index (χ3v) is 7.48. The van der Waals surface area contributed by atoms with Crippen LogP contribution >= 0.6 is 11.3 Å². The number of amides is 1. The second-order valence-electron chi connectivity index (χ2n) is 7.71. The van der Waals surface area contributed by atoms with Crippen molar-refractivity contribution < 1.29 is 22.7 Å². The van der Waals surface area contributed by atoms with Crippen LogP contribution in [0.5, 0.6) is 0 Å². The number of nitrogens with one attached hydrogen (secondary N) is 1. The molecular formula is C20H25N3O5S2. The number of hydrogen-bond acceptors (Lipinski definition) is 7. The molecule has 2 heterocycles. The Kier molecular flexibility index (Phi) is 6.89. The van der Waals surface area contributed by atoms with Crippen molar-refractivity contribution in [1.82, 2.24) is 9.29 Å². The molecule has 2 unspecified atom stereocenters. The topological polar surface area (TPSA) is 106 Å². The molecule has 1 aliphatic heterocycles. The molecule has 0 bridgehead atoms. The number of nitrogens with zero attached hydrogens (tertiary/aromatic N) is 2. The Morgan fingerprint density at radius 2 is 1.83 bits per heavy atom. The van der Waals surface area contributed by atoms with Gasteiger partial charge in [-0.2, -0.15) is 4.31 Å². The van der Waals surface area contributed by atoms with Gasteiger partial charge in [0.2, 0.25) is 10.0 Å².